The van der Waals surface area contributed by atoms with Gasteiger partial charge in [0.1, 0.15) is 22.7 Å². The summed E-state index contributed by atoms with van der Waals surface area (Å²) >= 11 is 12.3. The van der Waals surface area contributed by atoms with Crippen LogP contribution in [0.5, 0.6) is 11.5 Å². The van der Waals surface area contributed by atoms with Gasteiger partial charge in [-0.05, 0) is 54.1 Å². The topological polar surface area (TPSA) is 114 Å². The highest BCUT2D eigenvalue weighted by atomic mass is 35.5. The van der Waals surface area contributed by atoms with Gasteiger partial charge in [-0.15, -0.1) is 0 Å². The van der Waals surface area contributed by atoms with E-state index in [4.69, 9.17) is 32.0 Å². The molecule has 0 amide bonds. The van der Waals surface area contributed by atoms with Gasteiger partial charge in [-0.3, -0.25) is 4.98 Å². The van der Waals surface area contributed by atoms with Gasteiger partial charge < -0.3 is 19.0 Å². The average Bonchev–Trinajstić information content (AvgIpc) is 2.88. The van der Waals surface area contributed by atoms with Gasteiger partial charge in [-0.2, -0.15) is 0 Å². The molecule has 0 aliphatic rings. The van der Waals surface area contributed by atoms with Crippen molar-refractivity contribution in [1.82, 2.24) is 4.98 Å². The lowest BCUT2D eigenvalue weighted by atomic mass is 9.85. The lowest BCUT2D eigenvalue weighted by Crippen LogP contribution is -2.21. The lowest BCUT2D eigenvalue weighted by molar-refractivity contribution is 0.441. The maximum absolute atomic E-state index is 13.3. The van der Waals surface area contributed by atoms with E-state index in [1.165, 1.54) is 42.6 Å². The predicted octanol–water partition coefficient (Wildman–Crippen LogP) is 6.35. The minimum Gasteiger partial charge on any atom is -0.507 e. The van der Waals surface area contributed by atoms with Crippen LogP contribution in [-0.4, -0.2) is 15.2 Å². The van der Waals surface area contributed by atoms with Gasteiger partial charge >= 0.3 is 11.3 Å². The first kappa shape index (κ1) is 23.1. The molecule has 2 N–H and O–H groups in total. The third-order valence-corrected chi connectivity index (χ3v) is 6.74. The molecule has 0 spiro atoms. The fourth-order valence-corrected chi connectivity index (χ4v) is 4.92. The van der Waals surface area contributed by atoms with E-state index in [-0.39, 0.29) is 33.1 Å². The Morgan fingerprint density at radius 3 is 1.84 bits per heavy atom. The monoisotopic (exact) mass is 531 g/mol. The van der Waals surface area contributed by atoms with E-state index in [0.29, 0.717) is 26.5 Å². The molecule has 3 heterocycles. The quantitative estimate of drug-likeness (QED) is 0.256. The third kappa shape index (κ3) is 3.80. The van der Waals surface area contributed by atoms with Gasteiger partial charge in [0.15, 0.2) is 0 Å². The Morgan fingerprint density at radius 1 is 0.730 bits per heavy atom. The zero-order chi connectivity index (χ0) is 25.8. The van der Waals surface area contributed by atoms with Crippen LogP contribution in [0.4, 0.5) is 0 Å². The first-order chi connectivity index (χ1) is 17.8. The number of para-hydroxylation sites is 1. The molecular formula is C28H15Cl2NO6. The number of rotatable bonds is 3. The minimum absolute atomic E-state index is 0.104. The molecular weight excluding hydrogens is 517 g/mol. The SMILES string of the molecule is O=c1oc2ccc(Cl)cc2c(O)c1C(c1cnc2ccccc2c1)c1c(O)c2cc(Cl)ccc2oc1=O. The zero-order valence-electron chi connectivity index (χ0n) is 18.7. The molecule has 0 radical (unpaired) electrons. The Hall–Kier alpha value is -4.33. The van der Waals surface area contributed by atoms with Crippen LogP contribution in [0.25, 0.3) is 32.8 Å². The fraction of sp³-hybridized carbons (Fsp3) is 0.0357. The summed E-state index contributed by atoms with van der Waals surface area (Å²) in [7, 11) is 0. The number of aromatic hydroxyl groups is 2. The van der Waals surface area contributed by atoms with Crippen LogP contribution in [0.2, 0.25) is 10.0 Å². The van der Waals surface area contributed by atoms with E-state index in [0.717, 1.165) is 0 Å². The van der Waals surface area contributed by atoms with Crippen LogP contribution in [0, 0.1) is 0 Å². The molecule has 0 fully saturated rings. The van der Waals surface area contributed by atoms with Gasteiger partial charge in [0.05, 0.1) is 33.3 Å². The molecule has 0 saturated heterocycles. The molecule has 3 aromatic heterocycles. The summed E-state index contributed by atoms with van der Waals surface area (Å²) in [5, 5.41) is 24.3. The molecule has 0 atom stereocenters. The molecule has 0 bridgehead atoms. The number of pyridine rings is 1. The Kier molecular flexibility index (Phi) is 5.40. The molecule has 0 aliphatic heterocycles. The lowest BCUT2D eigenvalue weighted by Gasteiger charge is -2.20. The van der Waals surface area contributed by atoms with E-state index < -0.39 is 28.7 Å². The van der Waals surface area contributed by atoms with Crippen LogP contribution in [0.15, 0.2) is 91.4 Å². The van der Waals surface area contributed by atoms with Gasteiger partial charge in [-0.1, -0.05) is 41.4 Å². The third-order valence-electron chi connectivity index (χ3n) is 6.27. The van der Waals surface area contributed by atoms with Gasteiger partial charge in [0.25, 0.3) is 0 Å². The molecule has 9 heteroatoms. The molecule has 0 unspecified atom stereocenters. The summed E-state index contributed by atoms with van der Waals surface area (Å²) < 4.78 is 11.0. The number of fused-ring (bicyclic) bond motifs is 3. The van der Waals surface area contributed by atoms with Crippen molar-refractivity contribution in [2.24, 2.45) is 0 Å². The average molecular weight is 532 g/mol. The number of halogens is 2. The number of nitrogens with zero attached hydrogens (tertiary/aromatic N) is 1. The van der Waals surface area contributed by atoms with Crippen molar-refractivity contribution in [3.05, 3.63) is 121 Å². The van der Waals surface area contributed by atoms with Crippen molar-refractivity contribution in [2.45, 2.75) is 5.92 Å². The van der Waals surface area contributed by atoms with Crippen molar-refractivity contribution in [3.8, 4) is 11.5 Å². The maximum Gasteiger partial charge on any atom is 0.344 e. The van der Waals surface area contributed by atoms with Crippen molar-refractivity contribution in [1.29, 1.82) is 0 Å². The molecule has 182 valence electrons. The first-order valence-electron chi connectivity index (χ1n) is 11.1. The highest BCUT2D eigenvalue weighted by Gasteiger charge is 2.33. The largest absolute Gasteiger partial charge is 0.507 e. The van der Waals surface area contributed by atoms with E-state index in [2.05, 4.69) is 4.98 Å². The summed E-state index contributed by atoms with van der Waals surface area (Å²) in [6.45, 7) is 0. The van der Waals surface area contributed by atoms with E-state index in [1.807, 2.05) is 24.3 Å². The second-order valence-electron chi connectivity index (χ2n) is 8.48. The molecule has 0 aliphatic carbocycles. The Balaban J connectivity index is 1.75. The summed E-state index contributed by atoms with van der Waals surface area (Å²) in [6, 6.07) is 17.8. The normalized spacial score (nSPS) is 11.6. The van der Waals surface area contributed by atoms with Crippen molar-refractivity contribution >= 4 is 56.0 Å². The highest BCUT2D eigenvalue weighted by Crippen LogP contribution is 2.42. The summed E-state index contributed by atoms with van der Waals surface area (Å²) in [4.78, 5) is 31.1. The number of aromatic nitrogens is 1. The Bertz CT molecular complexity index is 1890. The second kappa shape index (κ2) is 8.65. The van der Waals surface area contributed by atoms with Gasteiger partial charge in [0.2, 0.25) is 0 Å². The number of hydrogen-bond donors (Lipinski definition) is 2. The zero-order valence-corrected chi connectivity index (χ0v) is 20.2. The van der Waals surface area contributed by atoms with Crippen molar-refractivity contribution in [2.75, 3.05) is 0 Å². The van der Waals surface area contributed by atoms with Crippen LogP contribution in [0.3, 0.4) is 0 Å². The smallest absolute Gasteiger partial charge is 0.344 e. The second-order valence-corrected chi connectivity index (χ2v) is 9.35. The maximum atomic E-state index is 13.3. The standard InChI is InChI=1S/C28H15Cl2NO6/c29-15-5-7-20-17(10-15)25(32)23(27(34)36-20)22(14-9-13-3-1-2-4-19(13)31-12-14)24-26(33)18-11-16(30)6-8-21(18)37-28(24)35/h1-12,22,32-33H. The van der Waals surface area contributed by atoms with E-state index in [1.54, 1.807) is 6.07 Å². The Morgan fingerprint density at radius 2 is 1.27 bits per heavy atom. The molecule has 7 nitrogen and oxygen atoms in total. The predicted molar refractivity (Wildman–Crippen MR) is 141 cm³/mol. The summed E-state index contributed by atoms with van der Waals surface area (Å²) in [5.41, 5.74) is -1.16. The number of benzene rings is 3. The van der Waals surface area contributed by atoms with E-state index in [9.17, 15) is 19.8 Å². The van der Waals surface area contributed by atoms with Crippen LogP contribution >= 0.6 is 23.2 Å². The van der Waals surface area contributed by atoms with Gasteiger partial charge in [0, 0.05) is 21.6 Å². The molecule has 0 saturated carbocycles. The first-order valence-corrected chi connectivity index (χ1v) is 11.8. The van der Waals surface area contributed by atoms with Crippen LogP contribution < -0.4 is 11.3 Å². The van der Waals surface area contributed by atoms with Crippen molar-refractivity contribution in [3.63, 3.8) is 0 Å². The van der Waals surface area contributed by atoms with E-state index >= 15 is 0 Å². The summed E-state index contributed by atoms with van der Waals surface area (Å²) in [5.74, 6) is -2.20. The summed E-state index contributed by atoms with van der Waals surface area (Å²) in [6.07, 6.45) is 1.47. The molecule has 6 aromatic rings. The molecule has 3 aromatic carbocycles. The van der Waals surface area contributed by atoms with Crippen LogP contribution in [0.1, 0.15) is 22.6 Å². The van der Waals surface area contributed by atoms with Crippen LogP contribution in [-0.2, 0) is 0 Å². The highest BCUT2D eigenvalue weighted by molar-refractivity contribution is 6.31. The molecule has 6 rings (SSSR count). The van der Waals surface area contributed by atoms with Gasteiger partial charge in [-0.25, -0.2) is 9.59 Å². The molecule has 37 heavy (non-hydrogen) atoms. The Labute approximate surface area is 217 Å². The number of hydrogen-bond acceptors (Lipinski definition) is 7. The van der Waals surface area contributed by atoms with Crippen molar-refractivity contribution < 1.29 is 19.0 Å². The fourth-order valence-electron chi connectivity index (χ4n) is 4.58. The minimum atomic E-state index is -1.31.